The van der Waals surface area contributed by atoms with E-state index in [4.69, 9.17) is 14.2 Å². The number of hydrogen-bond acceptors (Lipinski definition) is 6. The van der Waals surface area contributed by atoms with Crippen LogP contribution < -0.4 is 19.1 Å². The summed E-state index contributed by atoms with van der Waals surface area (Å²) in [5.41, 5.74) is 4.63. The minimum absolute atomic E-state index is 0.135. The van der Waals surface area contributed by atoms with E-state index in [9.17, 15) is 14.4 Å². The van der Waals surface area contributed by atoms with Crippen molar-refractivity contribution in [3.05, 3.63) is 89.0 Å². The number of para-hydroxylation sites is 1. The fourth-order valence-electron chi connectivity index (χ4n) is 6.17. The molecule has 4 aliphatic rings. The van der Waals surface area contributed by atoms with Crippen LogP contribution in [0.4, 0.5) is 5.69 Å². The van der Waals surface area contributed by atoms with Crippen LogP contribution in [0.2, 0.25) is 0 Å². The summed E-state index contributed by atoms with van der Waals surface area (Å²) in [6.07, 6.45) is 1.98. The van der Waals surface area contributed by atoms with Gasteiger partial charge in [-0.15, -0.1) is 0 Å². The minimum atomic E-state index is -0.885. The van der Waals surface area contributed by atoms with Crippen molar-refractivity contribution in [2.45, 2.75) is 19.8 Å². The van der Waals surface area contributed by atoms with E-state index < -0.39 is 29.6 Å². The molecule has 7 heteroatoms. The van der Waals surface area contributed by atoms with Crippen LogP contribution in [0.15, 0.2) is 66.7 Å². The van der Waals surface area contributed by atoms with Gasteiger partial charge in [-0.3, -0.25) is 14.4 Å². The summed E-state index contributed by atoms with van der Waals surface area (Å²) in [6.45, 7) is 3.93. The van der Waals surface area contributed by atoms with Gasteiger partial charge in [0.1, 0.15) is 5.75 Å². The van der Waals surface area contributed by atoms with Gasteiger partial charge in [-0.05, 0) is 60.4 Å². The quantitative estimate of drug-likeness (QED) is 0.296. The largest absolute Gasteiger partial charge is 0.454 e. The van der Waals surface area contributed by atoms with E-state index in [1.807, 2.05) is 68.5 Å². The third kappa shape index (κ3) is 3.10. The normalized spacial score (nSPS) is 25.3. The Balaban J connectivity index is 1.44. The first kappa shape index (κ1) is 21.9. The first-order valence-electron chi connectivity index (χ1n) is 12.3. The highest BCUT2D eigenvalue weighted by Crippen LogP contribution is 2.55. The van der Waals surface area contributed by atoms with Gasteiger partial charge in [-0.25, -0.2) is 4.90 Å². The molecule has 1 aliphatic carbocycles. The second-order valence-electron chi connectivity index (χ2n) is 10.0. The molecule has 7 rings (SSSR count). The van der Waals surface area contributed by atoms with Crippen LogP contribution in [0, 0.1) is 31.6 Å². The van der Waals surface area contributed by atoms with E-state index in [2.05, 4.69) is 0 Å². The predicted octanol–water partition coefficient (Wildman–Crippen LogP) is 4.55. The van der Waals surface area contributed by atoms with Crippen molar-refractivity contribution in [2.24, 2.45) is 17.8 Å². The smallest absolute Gasteiger partial charge is 0.319 e. The molecule has 3 aliphatic heterocycles. The van der Waals surface area contributed by atoms with Crippen molar-refractivity contribution in [1.82, 2.24) is 0 Å². The zero-order valence-corrected chi connectivity index (χ0v) is 20.3. The van der Waals surface area contributed by atoms with E-state index in [0.29, 0.717) is 22.9 Å². The molecule has 37 heavy (non-hydrogen) atoms. The highest BCUT2D eigenvalue weighted by atomic mass is 16.7. The van der Waals surface area contributed by atoms with Crippen molar-refractivity contribution in [1.29, 1.82) is 0 Å². The molecule has 1 saturated heterocycles. The number of allylic oxidation sites excluding steroid dienone is 1. The summed E-state index contributed by atoms with van der Waals surface area (Å²) in [6, 6.07) is 18.6. The van der Waals surface area contributed by atoms with E-state index in [-0.39, 0.29) is 18.6 Å². The van der Waals surface area contributed by atoms with Crippen LogP contribution in [-0.2, 0) is 14.4 Å². The summed E-state index contributed by atoms with van der Waals surface area (Å²) in [7, 11) is 0. The van der Waals surface area contributed by atoms with Gasteiger partial charge in [0.2, 0.25) is 18.6 Å². The molecule has 3 heterocycles. The fraction of sp³-hybridized carbons (Fsp3) is 0.233. The van der Waals surface area contributed by atoms with Crippen LogP contribution in [0.3, 0.4) is 0 Å². The molecule has 184 valence electrons. The molecule has 0 spiro atoms. The molecular weight excluding hydrogens is 470 g/mol. The lowest BCUT2D eigenvalue weighted by Gasteiger charge is -2.38. The van der Waals surface area contributed by atoms with Crippen LogP contribution in [0.1, 0.15) is 28.2 Å². The SMILES string of the molecule is Cc1ccc2c(c1)OC(=O)[C@@H]1C2=C[C@H](c2ccc3c(c2)OCO3)[C@H]2C(=O)N(c3ccccc3C)C(=O)[C@H]12. The number of anilines is 1. The first-order valence-corrected chi connectivity index (χ1v) is 12.3. The van der Waals surface area contributed by atoms with Gasteiger partial charge in [0.15, 0.2) is 11.5 Å². The number of hydrogen-bond donors (Lipinski definition) is 0. The number of ether oxygens (including phenoxy) is 3. The average Bonchev–Trinajstić information content (AvgIpc) is 3.46. The number of fused-ring (bicyclic) bond motifs is 6. The number of carbonyl (C=O) groups excluding carboxylic acids is 3. The third-order valence-electron chi connectivity index (χ3n) is 7.89. The lowest BCUT2D eigenvalue weighted by molar-refractivity contribution is -0.142. The van der Waals surface area contributed by atoms with Crippen molar-refractivity contribution in [3.63, 3.8) is 0 Å². The Kier molecular flexibility index (Phi) is 4.61. The van der Waals surface area contributed by atoms with Crippen molar-refractivity contribution < 1.29 is 28.6 Å². The monoisotopic (exact) mass is 493 g/mol. The van der Waals surface area contributed by atoms with E-state index in [1.165, 1.54) is 4.90 Å². The lowest BCUT2D eigenvalue weighted by Crippen LogP contribution is -2.42. The Hall–Kier alpha value is -4.39. The number of nitrogens with zero attached hydrogens (tertiary/aromatic N) is 1. The first-order chi connectivity index (χ1) is 17.9. The molecular formula is C30H23NO6. The molecule has 0 bridgehead atoms. The predicted molar refractivity (Wildman–Crippen MR) is 134 cm³/mol. The highest BCUT2D eigenvalue weighted by molar-refractivity contribution is 6.24. The summed E-state index contributed by atoms with van der Waals surface area (Å²) < 4.78 is 16.8. The van der Waals surface area contributed by atoms with Crippen molar-refractivity contribution in [2.75, 3.05) is 11.7 Å². The summed E-state index contributed by atoms with van der Waals surface area (Å²) in [5.74, 6) is -2.44. The van der Waals surface area contributed by atoms with E-state index in [1.54, 1.807) is 12.1 Å². The topological polar surface area (TPSA) is 82.1 Å². The van der Waals surface area contributed by atoms with Crippen molar-refractivity contribution >= 4 is 29.0 Å². The Labute approximate surface area is 213 Å². The maximum Gasteiger partial charge on any atom is 0.319 e. The van der Waals surface area contributed by atoms with Crippen LogP contribution in [0.25, 0.3) is 5.57 Å². The summed E-state index contributed by atoms with van der Waals surface area (Å²) in [5, 5.41) is 0. The maximum absolute atomic E-state index is 14.1. The Morgan fingerprint density at radius 1 is 0.811 bits per heavy atom. The number of imide groups is 1. The van der Waals surface area contributed by atoms with Gasteiger partial charge in [-0.1, -0.05) is 42.5 Å². The lowest BCUT2D eigenvalue weighted by atomic mass is 9.64. The second-order valence-corrected chi connectivity index (χ2v) is 10.0. The fourth-order valence-corrected chi connectivity index (χ4v) is 6.17. The molecule has 0 aromatic heterocycles. The van der Waals surface area contributed by atoms with E-state index in [0.717, 1.165) is 27.8 Å². The minimum Gasteiger partial charge on any atom is -0.454 e. The van der Waals surface area contributed by atoms with Crippen LogP contribution in [0.5, 0.6) is 17.2 Å². The average molecular weight is 494 g/mol. The zero-order valence-electron chi connectivity index (χ0n) is 20.3. The number of carbonyl (C=O) groups is 3. The molecule has 3 aromatic rings. The maximum atomic E-state index is 14.1. The molecule has 2 amide bonds. The Bertz CT molecular complexity index is 1560. The second kappa shape index (κ2) is 7.80. The standard InChI is InChI=1S/C30H23NO6/c1-15-7-9-18-20-13-19(17-8-10-22-24(12-17)36-14-35-22)25-27(26(20)30(34)37-23(18)11-15)29(33)31(28(25)32)21-6-4-3-5-16(21)2/h3-13,19,25-27H,14H2,1-2H3/t19-,25-,26-,27+/m1/s1. The summed E-state index contributed by atoms with van der Waals surface area (Å²) >= 11 is 0. The Morgan fingerprint density at radius 2 is 1.59 bits per heavy atom. The van der Waals surface area contributed by atoms with Gasteiger partial charge >= 0.3 is 5.97 Å². The van der Waals surface area contributed by atoms with Gasteiger partial charge in [0.25, 0.3) is 0 Å². The molecule has 0 unspecified atom stereocenters. The number of esters is 1. The third-order valence-corrected chi connectivity index (χ3v) is 7.89. The van der Waals surface area contributed by atoms with E-state index >= 15 is 0 Å². The highest BCUT2D eigenvalue weighted by Gasteiger charge is 2.60. The summed E-state index contributed by atoms with van der Waals surface area (Å²) in [4.78, 5) is 42.8. The van der Waals surface area contributed by atoms with Gasteiger partial charge in [-0.2, -0.15) is 0 Å². The molecule has 0 N–H and O–H groups in total. The number of amides is 2. The zero-order chi connectivity index (χ0) is 25.4. The van der Waals surface area contributed by atoms with Crippen molar-refractivity contribution in [3.8, 4) is 17.2 Å². The van der Waals surface area contributed by atoms with Crippen LogP contribution in [-0.4, -0.2) is 24.6 Å². The number of benzene rings is 3. The number of rotatable bonds is 2. The van der Waals surface area contributed by atoms with Crippen LogP contribution >= 0.6 is 0 Å². The number of aryl methyl sites for hydroxylation is 2. The molecule has 7 nitrogen and oxygen atoms in total. The molecule has 0 saturated carbocycles. The van der Waals surface area contributed by atoms with Gasteiger partial charge in [0, 0.05) is 11.5 Å². The van der Waals surface area contributed by atoms with Gasteiger partial charge < -0.3 is 14.2 Å². The molecule has 4 atom stereocenters. The molecule has 3 aromatic carbocycles. The molecule has 0 radical (unpaired) electrons. The Morgan fingerprint density at radius 3 is 2.43 bits per heavy atom. The molecule has 1 fully saturated rings. The van der Waals surface area contributed by atoms with Gasteiger partial charge in [0.05, 0.1) is 23.4 Å².